The summed E-state index contributed by atoms with van der Waals surface area (Å²) >= 11 is 11.9. The lowest BCUT2D eigenvalue weighted by Crippen LogP contribution is -2.37. The van der Waals surface area contributed by atoms with Crippen LogP contribution in [0.15, 0.2) is 18.2 Å². The maximum atomic E-state index is 6.25. The zero-order chi connectivity index (χ0) is 12.3. The summed E-state index contributed by atoms with van der Waals surface area (Å²) in [5.74, 6) is 0.640. The van der Waals surface area contributed by atoms with Crippen molar-refractivity contribution in [3.63, 3.8) is 0 Å². The second kappa shape index (κ2) is 5.47. The lowest BCUT2D eigenvalue weighted by atomic mass is 9.95. The Bertz CT molecular complexity index is 389. The summed E-state index contributed by atoms with van der Waals surface area (Å²) in [7, 11) is 0. The predicted octanol–water partition coefficient (Wildman–Crippen LogP) is 4.03. The largest absolute Gasteiger partial charge is 0.492 e. The van der Waals surface area contributed by atoms with Gasteiger partial charge in [-0.2, -0.15) is 0 Å². The molecule has 0 aliphatic heterocycles. The minimum Gasteiger partial charge on any atom is -0.492 e. The minimum absolute atomic E-state index is 0.0367. The first kappa shape index (κ1) is 13.0. The molecule has 0 aromatic heterocycles. The summed E-state index contributed by atoms with van der Waals surface area (Å²) in [5, 5.41) is 1.22. The normalized spacial score (nSPS) is 18.3. The van der Waals surface area contributed by atoms with Crippen LogP contribution >= 0.6 is 23.2 Å². The summed E-state index contributed by atoms with van der Waals surface area (Å²) in [6.07, 6.45) is 5.53. The minimum atomic E-state index is -0.0367. The first-order valence-corrected chi connectivity index (χ1v) is 6.71. The van der Waals surface area contributed by atoms with E-state index in [1.54, 1.807) is 18.2 Å². The van der Waals surface area contributed by atoms with Crippen LogP contribution in [0.2, 0.25) is 10.0 Å². The molecular weight excluding hydrogens is 257 g/mol. The number of rotatable bonds is 4. The number of ether oxygens (including phenoxy) is 1. The van der Waals surface area contributed by atoms with E-state index >= 15 is 0 Å². The summed E-state index contributed by atoms with van der Waals surface area (Å²) in [6, 6.07) is 5.23. The van der Waals surface area contributed by atoms with Crippen molar-refractivity contribution in [2.24, 2.45) is 5.73 Å². The van der Waals surface area contributed by atoms with E-state index < -0.39 is 0 Å². The van der Waals surface area contributed by atoms with Crippen LogP contribution in [0.25, 0.3) is 0 Å². The number of nitrogens with two attached hydrogens (primary N) is 1. The van der Waals surface area contributed by atoms with Crippen molar-refractivity contribution in [3.8, 4) is 5.75 Å². The molecule has 2 nitrogen and oxygen atoms in total. The van der Waals surface area contributed by atoms with Crippen LogP contribution in [0, 0.1) is 0 Å². The van der Waals surface area contributed by atoms with E-state index in [0.29, 0.717) is 22.4 Å². The van der Waals surface area contributed by atoms with Gasteiger partial charge >= 0.3 is 0 Å². The van der Waals surface area contributed by atoms with Crippen LogP contribution in [0.4, 0.5) is 0 Å². The molecule has 2 N–H and O–H groups in total. The Balaban J connectivity index is 1.87. The molecule has 1 aromatic carbocycles. The Morgan fingerprint density at radius 3 is 2.65 bits per heavy atom. The lowest BCUT2D eigenvalue weighted by Gasteiger charge is -2.23. The van der Waals surface area contributed by atoms with E-state index in [-0.39, 0.29) is 5.54 Å². The third kappa shape index (κ3) is 3.51. The van der Waals surface area contributed by atoms with E-state index in [9.17, 15) is 0 Å². The Labute approximate surface area is 112 Å². The smallest absolute Gasteiger partial charge is 0.139 e. The van der Waals surface area contributed by atoms with Crippen molar-refractivity contribution >= 4 is 23.2 Å². The molecule has 0 radical (unpaired) electrons. The van der Waals surface area contributed by atoms with Gasteiger partial charge in [-0.25, -0.2) is 0 Å². The Kier molecular flexibility index (Phi) is 4.18. The van der Waals surface area contributed by atoms with E-state index in [1.165, 1.54) is 12.8 Å². The van der Waals surface area contributed by atoms with Crippen LogP contribution in [0.3, 0.4) is 0 Å². The van der Waals surface area contributed by atoms with E-state index in [4.69, 9.17) is 33.7 Å². The van der Waals surface area contributed by atoms with Gasteiger partial charge in [-0.1, -0.05) is 36.0 Å². The summed E-state index contributed by atoms with van der Waals surface area (Å²) in [4.78, 5) is 0. The molecule has 0 unspecified atom stereocenters. The molecule has 2 rings (SSSR count). The van der Waals surface area contributed by atoms with Gasteiger partial charge in [0.1, 0.15) is 5.75 Å². The van der Waals surface area contributed by atoms with Gasteiger partial charge < -0.3 is 10.5 Å². The third-order valence-corrected chi connectivity index (χ3v) is 3.90. The van der Waals surface area contributed by atoms with Gasteiger partial charge in [-0.15, -0.1) is 0 Å². The van der Waals surface area contributed by atoms with Crippen molar-refractivity contribution in [1.82, 2.24) is 0 Å². The van der Waals surface area contributed by atoms with Gasteiger partial charge in [0.2, 0.25) is 0 Å². The van der Waals surface area contributed by atoms with Gasteiger partial charge in [0.25, 0.3) is 0 Å². The fourth-order valence-corrected chi connectivity index (χ4v) is 2.62. The van der Waals surface area contributed by atoms with Crippen LogP contribution in [-0.4, -0.2) is 12.1 Å². The molecule has 1 saturated carbocycles. The molecule has 1 aromatic rings. The van der Waals surface area contributed by atoms with E-state index in [0.717, 1.165) is 19.3 Å². The number of hydrogen-bond acceptors (Lipinski definition) is 2. The molecule has 0 amide bonds. The molecule has 1 aliphatic rings. The Hall–Kier alpha value is -0.440. The predicted molar refractivity (Wildman–Crippen MR) is 72.0 cm³/mol. The highest BCUT2D eigenvalue weighted by atomic mass is 35.5. The van der Waals surface area contributed by atoms with Crippen molar-refractivity contribution in [3.05, 3.63) is 28.2 Å². The number of benzene rings is 1. The topological polar surface area (TPSA) is 35.2 Å². The van der Waals surface area contributed by atoms with Gasteiger partial charge in [0.05, 0.1) is 11.6 Å². The fourth-order valence-electron chi connectivity index (χ4n) is 2.28. The molecule has 4 heteroatoms. The van der Waals surface area contributed by atoms with Crippen LogP contribution < -0.4 is 10.5 Å². The van der Waals surface area contributed by atoms with Crippen molar-refractivity contribution < 1.29 is 4.74 Å². The fraction of sp³-hybridized carbons (Fsp3) is 0.538. The molecular formula is C13H17Cl2NO. The van der Waals surface area contributed by atoms with E-state index in [1.807, 2.05) is 0 Å². The van der Waals surface area contributed by atoms with Gasteiger partial charge in [0, 0.05) is 16.6 Å². The highest BCUT2D eigenvalue weighted by Gasteiger charge is 2.28. The number of hydrogen-bond donors (Lipinski definition) is 1. The van der Waals surface area contributed by atoms with Gasteiger partial charge in [0.15, 0.2) is 0 Å². The van der Waals surface area contributed by atoms with Crippen LogP contribution in [0.5, 0.6) is 5.75 Å². The lowest BCUT2D eigenvalue weighted by molar-refractivity contribution is 0.258. The monoisotopic (exact) mass is 273 g/mol. The second-order valence-electron chi connectivity index (χ2n) is 4.74. The first-order valence-electron chi connectivity index (χ1n) is 5.96. The molecule has 94 valence electrons. The first-order chi connectivity index (χ1) is 8.09. The molecule has 0 heterocycles. The molecule has 0 spiro atoms. The quantitative estimate of drug-likeness (QED) is 0.899. The van der Waals surface area contributed by atoms with E-state index in [2.05, 4.69) is 0 Å². The Morgan fingerprint density at radius 2 is 1.94 bits per heavy atom. The highest BCUT2D eigenvalue weighted by Crippen LogP contribution is 2.31. The average Bonchev–Trinajstić information content (AvgIpc) is 2.71. The highest BCUT2D eigenvalue weighted by molar-refractivity contribution is 6.34. The molecule has 1 fully saturated rings. The van der Waals surface area contributed by atoms with Crippen LogP contribution in [-0.2, 0) is 0 Å². The maximum Gasteiger partial charge on any atom is 0.139 e. The van der Waals surface area contributed by atoms with Crippen LogP contribution in [0.1, 0.15) is 32.1 Å². The molecule has 0 atom stereocenters. The maximum absolute atomic E-state index is 6.25. The standard InChI is InChI=1S/C13H17Cl2NO/c14-10-3-4-11(15)12(9-10)17-8-7-13(16)5-1-2-6-13/h3-4,9H,1-2,5-8,16H2. The summed E-state index contributed by atoms with van der Waals surface area (Å²) in [5.41, 5.74) is 6.22. The molecule has 1 aliphatic carbocycles. The SMILES string of the molecule is NC1(CCOc2cc(Cl)ccc2Cl)CCCC1. The third-order valence-electron chi connectivity index (χ3n) is 3.35. The van der Waals surface area contributed by atoms with Crippen molar-refractivity contribution in [2.75, 3.05) is 6.61 Å². The number of halogens is 2. The molecule has 17 heavy (non-hydrogen) atoms. The zero-order valence-electron chi connectivity index (χ0n) is 9.72. The van der Waals surface area contributed by atoms with Crippen molar-refractivity contribution in [2.45, 2.75) is 37.6 Å². The van der Waals surface area contributed by atoms with Gasteiger partial charge in [-0.05, 0) is 31.4 Å². The molecule has 0 saturated heterocycles. The second-order valence-corrected chi connectivity index (χ2v) is 5.59. The average molecular weight is 274 g/mol. The molecule has 0 bridgehead atoms. The zero-order valence-corrected chi connectivity index (χ0v) is 11.2. The van der Waals surface area contributed by atoms with Crippen molar-refractivity contribution in [1.29, 1.82) is 0 Å². The summed E-state index contributed by atoms with van der Waals surface area (Å²) < 4.78 is 5.65. The summed E-state index contributed by atoms with van der Waals surface area (Å²) in [6.45, 7) is 0.594. The Morgan fingerprint density at radius 1 is 1.24 bits per heavy atom. The van der Waals surface area contributed by atoms with Gasteiger partial charge in [-0.3, -0.25) is 0 Å².